The number of nitrogens with zero attached hydrogens (tertiary/aromatic N) is 5. The van der Waals surface area contributed by atoms with Crippen LogP contribution >= 0.6 is 0 Å². The number of sulfonamides is 1. The molecule has 3 atom stereocenters. The van der Waals surface area contributed by atoms with Gasteiger partial charge in [-0.2, -0.15) is 14.3 Å². The minimum Gasteiger partial charge on any atom is -0.394 e. The van der Waals surface area contributed by atoms with E-state index in [-0.39, 0.29) is 36.7 Å². The van der Waals surface area contributed by atoms with Crippen LogP contribution in [-0.2, 0) is 10.0 Å². The first-order chi connectivity index (χ1) is 14.0. The molecule has 1 fully saturated rings. The summed E-state index contributed by atoms with van der Waals surface area (Å²) in [6.07, 6.45) is 3.66. The van der Waals surface area contributed by atoms with Crippen molar-refractivity contribution in [1.29, 1.82) is 0 Å². The number of imidazole rings is 1. The maximum Gasteiger partial charge on any atom is 0.227 e. The SMILES string of the molecule is CC(C)[C@H](CO)Nc1nc(N[C@H]2C[C@@H](C)N(S(C)(=O)=O)C2)c2ncn(C(C)C)c2n1. The Morgan fingerprint density at radius 1 is 1.27 bits per heavy atom. The van der Waals surface area contributed by atoms with Gasteiger partial charge in [-0.1, -0.05) is 13.8 Å². The normalized spacial score (nSPS) is 21.6. The molecule has 168 valence electrons. The molecule has 3 N–H and O–H groups in total. The van der Waals surface area contributed by atoms with E-state index in [0.29, 0.717) is 35.9 Å². The number of hydrogen-bond donors (Lipinski definition) is 3. The molecule has 0 saturated carbocycles. The van der Waals surface area contributed by atoms with Gasteiger partial charge in [0.25, 0.3) is 0 Å². The zero-order valence-electron chi connectivity index (χ0n) is 18.5. The van der Waals surface area contributed by atoms with Crippen LogP contribution in [0.2, 0.25) is 0 Å². The van der Waals surface area contributed by atoms with Gasteiger partial charge in [0.2, 0.25) is 16.0 Å². The van der Waals surface area contributed by atoms with Gasteiger partial charge in [-0.05, 0) is 33.1 Å². The maximum absolute atomic E-state index is 12.0. The summed E-state index contributed by atoms with van der Waals surface area (Å²) in [5.74, 6) is 1.17. The maximum atomic E-state index is 12.0. The Morgan fingerprint density at radius 3 is 2.50 bits per heavy atom. The van der Waals surface area contributed by atoms with Gasteiger partial charge in [0.05, 0.1) is 25.2 Å². The van der Waals surface area contributed by atoms with Crippen molar-refractivity contribution in [3.8, 4) is 0 Å². The Kier molecular flexibility index (Phi) is 6.54. The van der Waals surface area contributed by atoms with E-state index < -0.39 is 10.0 Å². The molecule has 0 unspecified atom stereocenters. The highest BCUT2D eigenvalue weighted by atomic mass is 32.2. The van der Waals surface area contributed by atoms with Crippen LogP contribution in [-0.4, -0.2) is 74.9 Å². The first-order valence-electron chi connectivity index (χ1n) is 10.4. The minimum atomic E-state index is -3.26. The van der Waals surface area contributed by atoms with E-state index in [9.17, 15) is 13.5 Å². The van der Waals surface area contributed by atoms with Gasteiger partial charge in [0, 0.05) is 24.7 Å². The third-order valence-electron chi connectivity index (χ3n) is 5.58. The molecule has 0 spiro atoms. The van der Waals surface area contributed by atoms with Crippen LogP contribution in [0.3, 0.4) is 0 Å². The van der Waals surface area contributed by atoms with Gasteiger partial charge < -0.3 is 20.3 Å². The number of anilines is 2. The molecule has 10 nitrogen and oxygen atoms in total. The predicted octanol–water partition coefficient (Wildman–Crippen LogP) is 1.67. The second-order valence-electron chi connectivity index (χ2n) is 8.75. The van der Waals surface area contributed by atoms with E-state index in [1.54, 1.807) is 6.33 Å². The molecule has 1 saturated heterocycles. The molecule has 2 aromatic rings. The lowest BCUT2D eigenvalue weighted by atomic mass is 10.1. The monoisotopic (exact) mass is 439 g/mol. The van der Waals surface area contributed by atoms with Crippen molar-refractivity contribution in [3.63, 3.8) is 0 Å². The van der Waals surface area contributed by atoms with E-state index in [1.165, 1.54) is 10.6 Å². The smallest absolute Gasteiger partial charge is 0.227 e. The Morgan fingerprint density at radius 2 is 1.97 bits per heavy atom. The molecular formula is C19H33N7O3S. The Labute approximate surface area is 178 Å². The highest BCUT2D eigenvalue weighted by molar-refractivity contribution is 7.88. The summed E-state index contributed by atoms with van der Waals surface area (Å²) in [7, 11) is -3.26. The Balaban J connectivity index is 1.96. The lowest BCUT2D eigenvalue weighted by Crippen LogP contribution is -2.34. The summed E-state index contributed by atoms with van der Waals surface area (Å²) in [5.41, 5.74) is 1.33. The van der Waals surface area contributed by atoms with Gasteiger partial charge in [-0.25, -0.2) is 13.4 Å². The summed E-state index contributed by atoms with van der Waals surface area (Å²) < 4.78 is 27.5. The zero-order valence-corrected chi connectivity index (χ0v) is 19.3. The third-order valence-corrected chi connectivity index (χ3v) is 6.94. The van der Waals surface area contributed by atoms with Gasteiger partial charge in [-0.3, -0.25) is 0 Å². The standard InChI is InChI=1S/C19H33N7O3S/c1-11(2)15(9-27)22-19-23-17(16-18(24-19)25(10-20-16)12(3)4)21-14-7-13(5)26(8-14)30(6,28)29/h10-15,27H,7-9H2,1-6H3,(H2,21,22,23,24)/t13-,14+,15+/m1/s1. The average molecular weight is 440 g/mol. The summed E-state index contributed by atoms with van der Waals surface area (Å²) in [6.45, 7) is 10.4. The topological polar surface area (TPSA) is 125 Å². The van der Waals surface area contributed by atoms with Crippen molar-refractivity contribution in [2.45, 2.75) is 65.2 Å². The van der Waals surface area contributed by atoms with Crippen LogP contribution in [0.15, 0.2) is 6.33 Å². The average Bonchev–Trinajstić information content (AvgIpc) is 3.22. The van der Waals surface area contributed by atoms with Crippen molar-refractivity contribution < 1.29 is 13.5 Å². The van der Waals surface area contributed by atoms with Crippen molar-refractivity contribution >= 4 is 33.0 Å². The summed E-state index contributed by atoms with van der Waals surface area (Å²) in [6, 6.07) is -0.182. The molecule has 3 heterocycles. The predicted molar refractivity (Wildman–Crippen MR) is 118 cm³/mol. The summed E-state index contributed by atoms with van der Waals surface area (Å²) >= 11 is 0. The van der Waals surface area contributed by atoms with Gasteiger partial charge in [-0.15, -0.1) is 0 Å². The fourth-order valence-corrected chi connectivity index (χ4v) is 5.00. The van der Waals surface area contributed by atoms with Crippen LogP contribution in [0, 0.1) is 5.92 Å². The quantitative estimate of drug-likeness (QED) is 0.567. The fourth-order valence-electron chi connectivity index (χ4n) is 3.81. The van der Waals surface area contributed by atoms with Gasteiger partial charge in [0.1, 0.15) is 0 Å². The molecule has 30 heavy (non-hydrogen) atoms. The molecule has 2 aromatic heterocycles. The number of aliphatic hydroxyl groups is 1. The molecule has 0 radical (unpaired) electrons. The van der Waals surface area contributed by atoms with E-state index >= 15 is 0 Å². The van der Waals surface area contributed by atoms with E-state index in [0.717, 1.165) is 0 Å². The van der Waals surface area contributed by atoms with Crippen molar-refractivity contribution in [3.05, 3.63) is 6.33 Å². The lowest BCUT2D eigenvalue weighted by molar-refractivity contribution is 0.248. The molecule has 1 aliphatic rings. The second kappa shape index (κ2) is 8.64. The molecule has 11 heteroatoms. The number of nitrogens with one attached hydrogen (secondary N) is 2. The molecule has 0 aromatic carbocycles. The molecular weight excluding hydrogens is 406 g/mol. The summed E-state index contributed by atoms with van der Waals surface area (Å²) in [5, 5.41) is 16.3. The van der Waals surface area contributed by atoms with Crippen LogP contribution in [0.25, 0.3) is 11.2 Å². The van der Waals surface area contributed by atoms with Gasteiger partial charge >= 0.3 is 0 Å². The third kappa shape index (κ3) is 4.68. The largest absolute Gasteiger partial charge is 0.394 e. The van der Waals surface area contributed by atoms with Crippen molar-refractivity contribution in [2.75, 3.05) is 30.0 Å². The van der Waals surface area contributed by atoms with Crippen LogP contribution in [0.1, 0.15) is 47.1 Å². The number of rotatable bonds is 8. The number of aromatic nitrogens is 4. The molecule has 3 rings (SSSR count). The van der Waals surface area contributed by atoms with Crippen LogP contribution in [0.4, 0.5) is 11.8 Å². The van der Waals surface area contributed by atoms with Crippen molar-refractivity contribution in [2.24, 2.45) is 5.92 Å². The highest BCUT2D eigenvalue weighted by Gasteiger charge is 2.35. The lowest BCUT2D eigenvalue weighted by Gasteiger charge is -2.21. The first-order valence-corrected chi connectivity index (χ1v) is 12.2. The Hall–Kier alpha value is -1.98. The number of hydrogen-bond acceptors (Lipinski definition) is 8. The molecule has 0 aliphatic carbocycles. The summed E-state index contributed by atoms with van der Waals surface area (Å²) in [4.78, 5) is 13.8. The van der Waals surface area contributed by atoms with Crippen LogP contribution < -0.4 is 10.6 Å². The second-order valence-corrected chi connectivity index (χ2v) is 10.7. The molecule has 1 aliphatic heterocycles. The Bertz CT molecular complexity index is 989. The first kappa shape index (κ1) is 22.7. The molecule has 0 amide bonds. The van der Waals surface area contributed by atoms with Crippen molar-refractivity contribution in [1.82, 2.24) is 23.8 Å². The van der Waals surface area contributed by atoms with E-state index in [4.69, 9.17) is 0 Å². The van der Waals surface area contributed by atoms with Gasteiger partial charge in [0.15, 0.2) is 17.0 Å². The van der Waals surface area contributed by atoms with E-state index in [2.05, 4.69) is 39.4 Å². The number of fused-ring (bicyclic) bond motifs is 1. The zero-order chi connectivity index (χ0) is 22.2. The molecule has 0 bridgehead atoms. The fraction of sp³-hybridized carbons (Fsp3) is 0.737. The minimum absolute atomic E-state index is 0.0330. The van der Waals surface area contributed by atoms with Crippen LogP contribution in [0.5, 0.6) is 0 Å². The number of aliphatic hydroxyl groups excluding tert-OH is 1. The van der Waals surface area contributed by atoms with E-state index in [1.807, 2.05) is 25.3 Å². The highest BCUT2D eigenvalue weighted by Crippen LogP contribution is 2.28.